The molecule has 0 atom stereocenters. The van der Waals surface area contributed by atoms with Crippen LogP contribution in [0.3, 0.4) is 0 Å². The highest BCUT2D eigenvalue weighted by atomic mass is 79.9. The fraction of sp³-hybridized carbons (Fsp3) is 0.562. The minimum absolute atomic E-state index is 0.0372. The van der Waals surface area contributed by atoms with Crippen LogP contribution in [0, 0.1) is 6.92 Å². The van der Waals surface area contributed by atoms with Gasteiger partial charge in [-0.15, -0.1) is 0 Å². The lowest BCUT2D eigenvalue weighted by atomic mass is 10.1. The molecule has 22 heavy (non-hydrogen) atoms. The molecule has 0 aliphatic rings. The monoisotopic (exact) mass is 371 g/mol. The van der Waals surface area contributed by atoms with E-state index in [2.05, 4.69) is 20.9 Å². The van der Waals surface area contributed by atoms with Crippen LogP contribution in [0.15, 0.2) is 10.7 Å². The summed E-state index contributed by atoms with van der Waals surface area (Å²) >= 11 is 3.32. The topological polar surface area (TPSA) is 65.5 Å². The molecule has 0 radical (unpaired) electrons. The average Bonchev–Trinajstić information content (AvgIpc) is 2.27. The van der Waals surface area contributed by atoms with Gasteiger partial charge >= 0.3 is 11.9 Å². The van der Waals surface area contributed by atoms with Crippen molar-refractivity contribution in [3.8, 4) is 0 Å². The Hall–Kier alpha value is -1.43. The standard InChI is InChI=1S/C16H22BrNO4/c1-9-10(17)8-18-12(14(20)22-16(5,6)7)11(9)13(19)21-15(2,3)4/h8H,1-7H3. The first-order valence-corrected chi connectivity index (χ1v) is 7.73. The molecule has 0 aliphatic heterocycles. The van der Waals surface area contributed by atoms with E-state index in [1.165, 1.54) is 6.20 Å². The lowest BCUT2D eigenvalue weighted by Gasteiger charge is -2.23. The number of carbonyl (C=O) groups is 2. The molecule has 0 N–H and O–H groups in total. The van der Waals surface area contributed by atoms with Crippen molar-refractivity contribution in [3.63, 3.8) is 0 Å². The summed E-state index contributed by atoms with van der Waals surface area (Å²) in [7, 11) is 0. The second-order valence-corrected chi connectivity index (χ2v) is 7.81. The van der Waals surface area contributed by atoms with Crippen LogP contribution in [0.25, 0.3) is 0 Å². The smallest absolute Gasteiger partial charge is 0.358 e. The van der Waals surface area contributed by atoms with Gasteiger partial charge in [0.1, 0.15) is 11.2 Å². The molecule has 0 saturated heterocycles. The van der Waals surface area contributed by atoms with Crippen molar-refractivity contribution < 1.29 is 19.1 Å². The Bertz CT molecular complexity index is 597. The third kappa shape index (κ3) is 5.09. The van der Waals surface area contributed by atoms with Gasteiger partial charge in [-0.05, 0) is 70.0 Å². The molecule has 0 amide bonds. The van der Waals surface area contributed by atoms with Crippen molar-refractivity contribution in [2.75, 3.05) is 0 Å². The molecule has 0 fully saturated rings. The summed E-state index contributed by atoms with van der Waals surface area (Å²) in [5.74, 6) is -1.25. The summed E-state index contributed by atoms with van der Waals surface area (Å²) in [6.45, 7) is 12.3. The Balaban J connectivity index is 3.33. The zero-order chi connectivity index (χ0) is 17.3. The first-order chi connectivity index (χ1) is 9.82. The van der Waals surface area contributed by atoms with Crippen molar-refractivity contribution in [1.29, 1.82) is 0 Å². The zero-order valence-corrected chi connectivity index (χ0v) is 15.6. The molecule has 0 saturated carbocycles. The molecule has 0 spiro atoms. The normalized spacial score (nSPS) is 12.0. The Kier molecular flexibility index (Phi) is 5.38. The highest BCUT2D eigenvalue weighted by Crippen LogP contribution is 2.25. The number of halogens is 1. The van der Waals surface area contributed by atoms with E-state index in [0.717, 1.165) is 0 Å². The van der Waals surface area contributed by atoms with Crippen LogP contribution >= 0.6 is 15.9 Å². The quantitative estimate of drug-likeness (QED) is 0.733. The Morgan fingerprint density at radius 2 is 1.45 bits per heavy atom. The summed E-state index contributed by atoms with van der Waals surface area (Å²) in [5.41, 5.74) is -0.671. The summed E-state index contributed by atoms with van der Waals surface area (Å²) in [5, 5.41) is 0. The molecule has 5 nitrogen and oxygen atoms in total. The van der Waals surface area contributed by atoms with E-state index in [-0.39, 0.29) is 11.3 Å². The highest BCUT2D eigenvalue weighted by molar-refractivity contribution is 9.10. The maximum absolute atomic E-state index is 12.4. The molecule has 0 aromatic carbocycles. The molecule has 1 heterocycles. The van der Waals surface area contributed by atoms with Crippen LogP contribution in [-0.4, -0.2) is 28.1 Å². The van der Waals surface area contributed by atoms with Gasteiger partial charge in [0.2, 0.25) is 0 Å². The average molecular weight is 372 g/mol. The van der Waals surface area contributed by atoms with E-state index in [4.69, 9.17) is 9.47 Å². The molecular formula is C16H22BrNO4. The van der Waals surface area contributed by atoms with Crippen LogP contribution < -0.4 is 0 Å². The maximum Gasteiger partial charge on any atom is 0.358 e. The van der Waals surface area contributed by atoms with E-state index in [9.17, 15) is 9.59 Å². The van der Waals surface area contributed by atoms with Crippen LogP contribution in [0.5, 0.6) is 0 Å². The van der Waals surface area contributed by atoms with Gasteiger partial charge in [0.15, 0.2) is 5.69 Å². The number of ether oxygens (including phenoxy) is 2. The van der Waals surface area contributed by atoms with Gasteiger partial charge in [-0.3, -0.25) is 0 Å². The van der Waals surface area contributed by atoms with E-state index < -0.39 is 23.1 Å². The third-order valence-electron chi connectivity index (χ3n) is 2.47. The molecule has 1 aromatic heterocycles. The van der Waals surface area contributed by atoms with Gasteiger partial charge in [-0.1, -0.05) is 0 Å². The number of hydrogen-bond acceptors (Lipinski definition) is 5. The fourth-order valence-electron chi connectivity index (χ4n) is 1.64. The minimum Gasteiger partial charge on any atom is -0.456 e. The van der Waals surface area contributed by atoms with Crippen molar-refractivity contribution in [2.24, 2.45) is 0 Å². The van der Waals surface area contributed by atoms with Crippen LogP contribution in [0.1, 0.15) is 68.0 Å². The van der Waals surface area contributed by atoms with Crippen molar-refractivity contribution >= 4 is 27.9 Å². The predicted molar refractivity (Wildman–Crippen MR) is 87.0 cm³/mol. The number of aromatic nitrogens is 1. The number of esters is 2. The largest absolute Gasteiger partial charge is 0.456 e. The summed E-state index contributed by atoms with van der Waals surface area (Å²) < 4.78 is 11.3. The number of hydrogen-bond donors (Lipinski definition) is 0. The van der Waals surface area contributed by atoms with Gasteiger partial charge in [0, 0.05) is 10.7 Å². The summed E-state index contributed by atoms with van der Waals surface area (Å²) in [6.07, 6.45) is 1.47. The van der Waals surface area contributed by atoms with E-state index >= 15 is 0 Å². The van der Waals surface area contributed by atoms with Gasteiger partial charge in [-0.25, -0.2) is 14.6 Å². The van der Waals surface area contributed by atoms with Gasteiger partial charge in [-0.2, -0.15) is 0 Å². The Labute approximate surface area is 139 Å². The Morgan fingerprint density at radius 3 is 1.91 bits per heavy atom. The molecule has 6 heteroatoms. The van der Waals surface area contributed by atoms with Gasteiger partial charge in [0.05, 0.1) is 5.56 Å². The SMILES string of the molecule is Cc1c(Br)cnc(C(=O)OC(C)(C)C)c1C(=O)OC(C)(C)C. The number of nitrogens with zero attached hydrogens (tertiary/aromatic N) is 1. The number of rotatable bonds is 2. The molecule has 122 valence electrons. The lowest BCUT2D eigenvalue weighted by Crippen LogP contribution is -2.29. The van der Waals surface area contributed by atoms with E-state index in [1.54, 1.807) is 48.5 Å². The highest BCUT2D eigenvalue weighted by Gasteiger charge is 2.29. The molecule has 0 aliphatic carbocycles. The first kappa shape index (κ1) is 18.6. The number of pyridine rings is 1. The number of carbonyl (C=O) groups excluding carboxylic acids is 2. The third-order valence-corrected chi connectivity index (χ3v) is 3.27. The summed E-state index contributed by atoms with van der Waals surface area (Å²) in [4.78, 5) is 28.8. The molecule has 0 unspecified atom stereocenters. The first-order valence-electron chi connectivity index (χ1n) is 6.93. The molecule has 1 rings (SSSR count). The summed E-state index contributed by atoms with van der Waals surface area (Å²) in [6, 6.07) is 0. The van der Waals surface area contributed by atoms with Crippen molar-refractivity contribution in [3.05, 3.63) is 27.5 Å². The van der Waals surface area contributed by atoms with Crippen molar-refractivity contribution in [2.45, 2.75) is 59.7 Å². The van der Waals surface area contributed by atoms with Gasteiger partial charge in [0.25, 0.3) is 0 Å². The minimum atomic E-state index is -0.676. The fourth-order valence-corrected chi connectivity index (χ4v) is 1.94. The molecule has 0 bridgehead atoms. The van der Waals surface area contributed by atoms with E-state index in [0.29, 0.717) is 10.0 Å². The van der Waals surface area contributed by atoms with Crippen LogP contribution in [0.2, 0.25) is 0 Å². The predicted octanol–water partition coefficient (Wildman–Crippen LogP) is 4.06. The van der Waals surface area contributed by atoms with E-state index in [1.807, 2.05) is 0 Å². The molecule has 1 aromatic rings. The maximum atomic E-state index is 12.4. The second kappa shape index (κ2) is 6.36. The Morgan fingerprint density at radius 1 is 1.00 bits per heavy atom. The van der Waals surface area contributed by atoms with Crippen LogP contribution in [-0.2, 0) is 9.47 Å². The zero-order valence-electron chi connectivity index (χ0n) is 14.0. The lowest BCUT2D eigenvalue weighted by molar-refractivity contribution is 0.00124. The van der Waals surface area contributed by atoms with Gasteiger partial charge < -0.3 is 9.47 Å². The van der Waals surface area contributed by atoms with Crippen molar-refractivity contribution in [1.82, 2.24) is 4.98 Å². The van der Waals surface area contributed by atoms with Crippen LogP contribution in [0.4, 0.5) is 0 Å². The second-order valence-electron chi connectivity index (χ2n) is 6.96. The molecular weight excluding hydrogens is 350 g/mol.